The van der Waals surface area contributed by atoms with Crippen molar-refractivity contribution in [3.05, 3.63) is 44.2 Å². The molecule has 7 heteroatoms. The number of oxazole rings is 1. The van der Waals surface area contributed by atoms with Gasteiger partial charge in [0.1, 0.15) is 5.69 Å². The molecule has 2 aromatic heterocycles. The maximum absolute atomic E-state index is 11.8. The first-order chi connectivity index (χ1) is 8.63. The smallest absolute Gasteiger partial charge is 0.408 e. The van der Waals surface area contributed by atoms with Gasteiger partial charge in [-0.25, -0.2) is 4.79 Å². The summed E-state index contributed by atoms with van der Waals surface area (Å²) >= 11 is 2.18. The fraction of sp³-hybridized carbons (Fsp3) is 0.182. The quantitative estimate of drug-likeness (QED) is 0.651. The number of aromatic nitrogens is 4. The first-order valence-electron chi connectivity index (χ1n) is 5.27. The molecule has 0 saturated carbocycles. The normalized spacial score (nSPS) is 11.2. The average molecular weight is 356 g/mol. The molecule has 3 rings (SSSR count). The Bertz CT molecular complexity index is 771. The standard InChI is InChI=1S/C11H9IN4O2/c1-15-5-8(13-14-15)6-16-9-3-2-7(12)4-10(9)18-11(16)17/h2-5H,6H2,1H3. The predicted octanol–water partition coefficient (Wildman–Crippen LogP) is 1.38. The summed E-state index contributed by atoms with van der Waals surface area (Å²) in [5.41, 5.74) is 2.09. The SMILES string of the molecule is Cn1cc(Cn2c(=O)oc3cc(I)ccc32)nn1. The minimum absolute atomic E-state index is 0.361. The third kappa shape index (κ3) is 1.94. The molecule has 0 aliphatic rings. The van der Waals surface area contributed by atoms with Gasteiger partial charge in [0.2, 0.25) is 0 Å². The number of aryl methyl sites for hydroxylation is 1. The summed E-state index contributed by atoms with van der Waals surface area (Å²) in [5.74, 6) is -0.377. The number of rotatable bonds is 2. The molecule has 0 aliphatic heterocycles. The fourth-order valence-corrected chi connectivity index (χ4v) is 2.28. The van der Waals surface area contributed by atoms with Gasteiger partial charge in [-0.05, 0) is 40.8 Å². The topological polar surface area (TPSA) is 65.8 Å². The van der Waals surface area contributed by atoms with Gasteiger partial charge in [0, 0.05) is 16.8 Å². The maximum atomic E-state index is 11.8. The summed E-state index contributed by atoms with van der Waals surface area (Å²) in [6, 6.07) is 5.65. The van der Waals surface area contributed by atoms with Gasteiger partial charge in [-0.1, -0.05) is 5.21 Å². The van der Waals surface area contributed by atoms with E-state index in [-0.39, 0.29) is 5.76 Å². The van der Waals surface area contributed by atoms with Crippen LogP contribution in [0.3, 0.4) is 0 Å². The van der Waals surface area contributed by atoms with Crippen LogP contribution in [0.25, 0.3) is 11.1 Å². The van der Waals surface area contributed by atoms with E-state index in [0.29, 0.717) is 12.1 Å². The molecule has 1 aromatic carbocycles. The van der Waals surface area contributed by atoms with Crippen molar-refractivity contribution in [2.24, 2.45) is 7.05 Å². The molecular weight excluding hydrogens is 347 g/mol. The van der Waals surface area contributed by atoms with Crippen molar-refractivity contribution in [2.75, 3.05) is 0 Å². The second-order valence-corrected chi connectivity index (χ2v) is 5.20. The molecule has 18 heavy (non-hydrogen) atoms. The highest BCUT2D eigenvalue weighted by atomic mass is 127. The van der Waals surface area contributed by atoms with E-state index in [1.165, 1.54) is 0 Å². The van der Waals surface area contributed by atoms with E-state index < -0.39 is 0 Å². The lowest BCUT2D eigenvalue weighted by Crippen LogP contribution is -2.15. The minimum atomic E-state index is -0.377. The number of hydrogen-bond acceptors (Lipinski definition) is 4. The molecule has 6 nitrogen and oxygen atoms in total. The van der Waals surface area contributed by atoms with E-state index >= 15 is 0 Å². The lowest BCUT2D eigenvalue weighted by atomic mass is 10.3. The Hall–Kier alpha value is -1.64. The number of nitrogens with zero attached hydrogens (tertiary/aromatic N) is 4. The molecule has 0 N–H and O–H groups in total. The van der Waals surface area contributed by atoms with Crippen molar-refractivity contribution < 1.29 is 4.42 Å². The Labute approximate surface area is 115 Å². The number of benzene rings is 1. The molecule has 0 unspecified atom stereocenters. The second kappa shape index (κ2) is 4.23. The van der Waals surface area contributed by atoms with Gasteiger partial charge < -0.3 is 4.42 Å². The molecular formula is C11H9IN4O2. The van der Waals surface area contributed by atoms with Crippen LogP contribution in [0.15, 0.2) is 33.6 Å². The zero-order valence-corrected chi connectivity index (χ0v) is 11.7. The van der Waals surface area contributed by atoms with Crippen LogP contribution in [-0.2, 0) is 13.6 Å². The molecule has 0 saturated heterocycles. The predicted molar refractivity (Wildman–Crippen MR) is 73.3 cm³/mol. The Morgan fingerprint density at radius 2 is 2.28 bits per heavy atom. The highest BCUT2D eigenvalue weighted by molar-refractivity contribution is 14.1. The van der Waals surface area contributed by atoms with Crippen molar-refractivity contribution in [3.63, 3.8) is 0 Å². The summed E-state index contributed by atoms with van der Waals surface area (Å²) in [7, 11) is 1.79. The number of hydrogen-bond donors (Lipinski definition) is 0. The van der Waals surface area contributed by atoms with E-state index in [2.05, 4.69) is 32.9 Å². The Kier molecular flexibility index (Phi) is 2.69. The highest BCUT2D eigenvalue weighted by Crippen LogP contribution is 2.16. The summed E-state index contributed by atoms with van der Waals surface area (Å²) in [6.45, 7) is 0.361. The summed E-state index contributed by atoms with van der Waals surface area (Å²) < 4.78 is 9.39. The fourth-order valence-electron chi connectivity index (χ4n) is 1.82. The number of fused-ring (bicyclic) bond motifs is 1. The van der Waals surface area contributed by atoms with E-state index in [9.17, 15) is 4.79 Å². The van der Waals surface area contributed by atoms with Crippen molar-refractivity contribution >= 4 is 33.7 Å². The van der Waals surface area contributed by atoms with Crippen LogP contribution in [0.4, 0.5) is 0 Å². The molecule has 0 fully saturated rings. The van der Waals surface area contributed by atoms with Gasteiger partial charge in [-0.2, -0.15) is 0 Å². The van der Waals surface area contributed by atoms with Crippen LogP contribution in [0, 0.1) is 3.57 Å². The lowest BCUT2D eigenvalue weighted by Gasteiger charge is -1.98. The molecule has 0 bridgehead atoms. The van der Waals surface area contributed by atoms with E-state index in [4.69, 9.17) is 4.42 Å². The van der Waals surface area contributed by atoms with Crippen molar-refractivity contribution in [1.82, 2.24) is 19.6 Å². The summed E-state index contributed by atoms with van der Waals surface area (Å²) in [4.78, 5) is 11.8. The van der Waals surface area contributed by atoms with Crippen LogP contribution >= 0.6 is 22.6 Å². The number of halogens is 1. The van der Waals surface area contributed by atoms with Crippen LogP contribution in [0.2, 0.25) is 0 Å². The van der Waals surface area contributed by atoms with Crippen LogP contribution in [0.1, 0.15) is 5.69 Å². The van der Waals surface area contributed by atoms with Gasteiger partial charge in [0.05, 0.1) is 12.1 Å². The monoisotopic (exact) mass is 356 g/mol. The molecule has 3 aromatic rings. The Morgan fingerprint density at radius 3 is 3.00 bits per heavy atom. The second-order valence-electron chi connectivity index (χ2n) is 3.95. The van der Waals surface area contributed by atoms with E-state index in [1.807, 2.05) is 18.2 Å². The van der Waals surface area contributed by atoms with Gasteiger partial charge in [0.25, 0.3) is 0 Å². The van der Waals surface area contributed by atoms with Crippen LogP contribution in [-0.4, -0.2) is 19.6 Å². The summed E-state index contributed by atoms with van der Waals surface area (Å²) in [6.07, 6.45) is 1.78. The molecule has 0 radical (unpaired) electrons. The van der Waals surface area contributed by atoms with Crippen molar-refractivity contribution in [3.8, 4) is 0 Å². The van der Waals surface area contributed by atoms with Crippen LogP contribution < -0.4 is 5.76 Å². The lowest BCUT2D eigenvalue weighted by molar-refractivity contribution is 0.516. The molecule has 0 amide bonds. The minimum Gasteiger partial charge on any atom is -0.408 e. The highest BCUT2D eigenvalue weighted by Gasteiger charge is 2.11. The molecule has 2 heterocycles. The zero-order valence-electron chi connectivity index (χ0n) is 9.50. The molecule has 0 aliphatic carbocycles. The maximum Gasteiger partial charge on any atom is 0.420 e. The van der Waals surface area contributed by atoms with Crippen LogP contribution in [0.5, 0.6) is 0 Å². The third-order valence-electron chi connectivity index (χ3n) is 2.60. The third-order valence-corrected chi connectivity index (χ3v) is 3.27. The summed E-state index contributed by atoms with van der Waals surface area (Å²) in [5, 5.41) is 7.81. The average Bonchev–Trinajstić information content (AvgIpc) is 2.84. The molecule has 0 atom stereocenters. The van der Waals surface area contributed by atoms with Crippen molar-refractivity contribution in [2.45, 2.75) is 6.54 Å². The van der Waals surface area contributed by atoms with E-state index in [0.717, 1.165) is 14.8 Å². The van der Waals surface area contributed by atoms with Gasteiger partial charge in [-0.15, -0.1) is 5.10 Å². The molecule has 92 valence electrons. The van der Waals surface area contributed by atoms with Gasteiger partial charge in [-0.3, -0.25) is 9.25 Å². The van der Waals surface area contributed by atoms with Crippen molar-refractivity contribution in [1.29, 1.82) is 0 Å². The van der Waals surface area contributed by atoms with E-state index in [1.54, 1.807) is 22.5 Å². The van der Waals surface area contributed by atoms with Gasteiger partial charge >= 0.3 is 5.76 Å². The Morgan fingerprint density at radius 1 is 1.44 bits per heavy atom. The Balaban J connectivity index is 2.11. The first-order valence-corrected chi connectivity index (χ1v) is 6.35. The first kappa shape index (κ1) is 11.5. The molecule has 0 spiro atoms. The largest absolute Gasteiger partial charge is 0.420 e. The van der Waals surface area contributed by atoms with Gasteiger partial charge in [0.15, 0.2) is 5.58 Å². The zero-order chi connectivity index (χ0) is 12.7.